The van der Waals surface area contributed by atoms with Crippen LogP contribution < -0.4 is 4.74 Å². The molecule has 0 aliphatic heterocycles. The van der Waals surface area contributed by atoms with Gasteiger partial charge in [0.2, 0.25) is 5.88 Å². The Hall–Kier alpha value is -1.99. The molecule has 0 bridgehead atoms. The van der Waals surface area contributed by atoms with Gasteiger partial charge in [0.15, 0.2) is 10.4 Å². The van der Waals surface area contributed by atoms with Gasteiger partial charge >= 0.3 is 0 Å². The zero-order chi connectivity index (χ0) is 14.3. The number of benzene rings is 1. The molecule has 0 amide bonds. The largest absolute Gasteiger partial charge is 0.479 e. The summed E-state index contributed by atoms with van der Waals surface area (Å²) < 4.78 is 20.4. The molecule has 20 heavy (non-hydrogen) atoms. The van der Waals surface area contributed by atoms with Crippen LogP contribution in [0.25, 0.3) is 16.9 Å². The maximum atomic E-state index is 13.4. The molecule has 0 radical (unpaired) electrons. The van der Waals surface area contributed by atoms with E-state index in [4.69, 9.17) is 28.6 Å². The standard InChI is InChI=1S/C12H8ClFN4OS/c1-19-11-9-10(15-5-16-11)18(12(20)17-9)8-4-6(14)2-3-7(8)13/h2-5H,1H3,(H,17,20). The lowest BCUT2D eigenvalue weighted by Gasteiger charge is -2.06. The van der Waals surface area contributed by atoms with Crippen molar-refractivity contribution in [3.05, 3.63) is 40.1 Å². The zero-order valence-electron chi connectivity index (χ0n) is 10.2. The molecule has 0 saturated carbocycles. The molecule has 0 atom stereocenters. The topological polar surface area (TPSA) is 55.7 Å². The summed E-state index contributed by atoms with van der Waals surface area (Å²) in [7, 11) is 1.49. The van der Waals surface area contributed by atoms with E-state index >= 15 is 0 Å². The smallest absolute Gasteiger partial charge is 0.242 e. The summed E-state index contributed by atoms with van der Waals surface area (Å²) in [5, 5.41) is 0.362. The number of H-pyrrole nitrogens is 1. The molecular formula is C12H8ClFN4OS. The molecule has 0 spiro atoms. The summed E-state index contributed by atoms with van der Waals surface area (Å²) >= 11 is 11.4. The third-order valence-electron chi connectivity index (χ3n) is 2.78. The Morgan fingerprint density at radius 3 is 2.95 bits per heavy atom. The van der Waals surface area contributed by atoms with Gasteiger partial charge in [-0.05, 0) is 30.4 Å². The number of ether oxygens (including phenoxy) is 1. The van der Waals surface area contributed by atoms with Gasteiger partial charge in [-0.1, -0.05) is 11.6 Å². The maximum absolute atomic E-state index is 13.4. The Bertz CT molecular complexity index is 860. The molecule has 3 aromatic rings. The fourth-order valence-corrected chi connectivity index (χ4v) is 2.42. The van der Waals surface area contributed by atoms with Gasteiger partial charge in [0.05, 0.1) is 17.8 Å². The lowest BCUT2D eigenvalue weighted by atomic mass is 10.3. The summed E-state index contributed by atoms with van der Waals surface area (Å²) in [5.74, 6) is -0.0611. The second-order valence-corrected chi connectivity index (χ2v) is 4.74. The number of fused-ring (bicyclic) bond motifs is 1. The lowest BCUT2D eigenvalue weighted by Crippen LogP contribution is -1.98. The first kappa shape index (κ1) is 13.0. The van der Waals surface area contributed by atoms with E-state index in [1.807, 2.05) is 0 Å². The fraction of sp³-hybridized carbons (Fsp3) is 0.0833. The van der Waals surface area contributed by atoms with Crippen LogP contribution in [0.3, 0.4) is 0 Å². The van der Waals surface area contributed by atoms with Gasteiger partial charge in [0, 0.05) is 0 Å². The van der Waals surface area contributed by atoms with Crippen LogP contribution in [0.5, 0.6) is 5.88 Å². The van der Waals surface area contributed by atoms with Crippen molar-refractivity contribution >= 4 is 35.0 Å². The fourth-order valence-electron chi connectivity index (χ4n) is 1.93. The van der Waals surface area contributed by atoms with Crippen molar-refractivity contribution in [3.63, 3.8) is 0 Å². The van der Waals surface area contributed by atoms with Gasteiger partial charge in [0.25, 0.3) is 0 Å². The highest BCUT2D eigenvalue weighted by Gasteiger charge is 2.15. The summed E-state index contributed by atoms with van der Waals surface area (Å²) in [6, 6.07) is 4.03. The van der Waals surface area contributed by atoms with Gasteiger partial charge in [-0.15, -0.1) is 0 Å². The third-order valence-corrected chi connectivity index (χ3v) is 3.39. The molecule has 5 nitrogen and oxygen atoms in total. The van der Waals surface area contributed by atoms with E-state index in [1.54, 1.807) is 4.57 Å². The first-order chi connectivity index (χ1) is 9.61. The number of aromatic nitrogens is 4. The van der Waals surface area contributed by atoms with Crippen LogP contribution >= 0.6 is 23.8 Å². The monoisotopic (exact) mass is 310 g/mol. The van der Waals surface area contributed by atoms with Crippen LogP contribution in [0.15, 0.2) is 24.5 Å². The molecule has 8 heteroatoms. The molecule has 0 aliphatic rings. The van der Waals surface area contributed by atoms with Crippen LogP contribution in [0, 0.1) is 10.6 Å². The van der Waals surface area contributed by atoms with Crippen molar-refractivity contribution in [2.24, 2.45) is 0 Å². The number of imidazole rings is 1. The van der Waals surface area contributed by atoms with E-state index in [1.165, 1.54) is 31.6 Å². The molecule has 0 saturated heterocycles. The van der Waals surface area contributed by atoms with E-state index in [0.717, 1.165) is 0 Å². The van der Waals surface area contributed by atoms with E-state index in [0.29, 0.717) is 32.5 Å². The summed E-state index contributed by atoms with van der Waals surface area (Å²) in [4.78, 5) is 11.1. The number of nitrogens with one attached hydrogen (secondary N) is 1. The van der Waals surface area contributed by atoms with Crippen molar-refractivity contribution in [2.45, 2.75) is 0 Å². The van der Waals surface area contributed by atoms with Crippen LogP contribution in [-0.4, -0.2) is 26.6 Å². The van der Waals surface area contributed by atoms with Crippen LogP contribution in [0.2, 0.25) is 5.02 Å². The minimum absolute atomic E-state index is 0.325. The van der Waals surface area contributed by atoms with Gasteiger partial charge < -0.3 is 9.72 Å². The van der Waals surface area contributed by atoms with Crippen molar-refractivity contribution in [3.8, 4) is 11.6 Å². The molecule has 1 N–H and O–H groups in total. The third kappa shape index (κ3) is 1.95. The Balaban J connectivity index is 2.40. The van der Waals surface area contributed by atoms with Gasteiger partial charge in [-0.25, -0.2) is 9.37 Å². The summed E-state index contributed by atoms with van der Waals surface area (Å²) in [6.07, 6.45) is 1.34. The molecule has 2 heterocycles. The van der Waals surface area contributed by atoms with E-state index < -0.39 is 5.82 Å². The minimum atomic E-state index is -0.415. The van der Waals surface area contributed by atoms with E-state index in [9.17, 15) is 4.39 Å². The predicted molar refractivity (Wildman–Crippen MR) is 75.6 cm³/mol. The van der Waals surface area contributed by atoms with Gasteiger partial charge in [-0.3, -0.25) is 4.57 Å². The second-order valence-electron chi connectivity index (χ2n) is 3.94. The molecule has 0 fully saturated rings. The van der Waals surface area contributed by atoms with Crippen LogP contribution in [0.4, 0.5) is 4.39 Å². The molecule has 2 aromatic heterocycles. The highest BCUT2D eigenvalue weighted by Crippen LogP contribution is 2.27. The number of hydrogen-bond acceptors (Lipinski definition) is 4. The number of rotatable bonds is 2. The second kappa shape index (κ2) is 4.84. The maximum Gasteiger partial charge on any atom is 0.242 e. The normalized spacial score (nSPS) is 10.9. The van der Waals surface area contributed by atoms with Crippen LogP contribution in [0.1, 0.15) is 0 Å². The molecule has 0 aliphatic carbocycles. The van der Waals surface area contributed by atoms with Crippen molar-refractivity contribution in [1.82, 2.24) is 19.5 Å². The number of hydrogen-bond donors (Lipinski definition) is 1. The van der Waals surface area contributed by atoms with Crippen molar-refractivity contribution in [1.29, 1.82) is 0 Å². The predicted octanol–water partition coefficient (Wildman–Crippen LogP) is 3.28. The average Bonchev–Trinajstić information content (AvgIpc) is 2.77. The Morgan fingerprint density at radius 1 is 1.40 bits per heavy atom. The molecule has 102 valence electrons. The molecule has 3 rings (SSSR count). The van der Waals surface area contributed by atoms with Crippen molar-refractivity contribution < 1.29 is 9.13 Å². The summed E-state index contributed by atoms with van der Waals surface area (Å²) in [5.41, 5.74) is 1.40. The Labute approximate surface area is 123 Å². The van der Waals surface area contributed by atoms with Crippen LogP contribution in [-0.2, 0) is 0 Å². The minimum Gasteiger partial charge on any atom is -0.479 e. The zero-order valence-corrected chi connectivity index (χ0v) is 11.8. The first-order valence-electron chi connectivity index (χ1n) is 5.57. The SMILES string of the molecule is COc1ncnc2c1[nH]c(=S)n2-c1cc(F)ccc1Cl. The van der Waals surface area contributed by atoms with Gasteiger partial charge in [-0.2, -0.15) is 4.98 Å². The highest BCUT2D eigenvalue weighted by atomic mass is 35.5. The average molecular weight is 311 g/mol. The number of methoxy groups -OCH3 is 1. The first-order valence-corrected chi connectivity index (χ1v) is 6.35. The van der Waals surface area contributed by atoms with E-state index in [-0.39, 0.29) is 0 Å². The Morgan fingerprint density at radius 2 is 2.20 bits per heavy atom. The lowest BCUT2D eigenvalue weighted by molar-refractivity contribution is 0.401. The van der Waals surface area contributed by atoms with E-state index in [2.05, 4.69) is 15.0 Å². The quantitative estimate of drug-likeness (QED) is 0.738. The number of aromatic amines is 1. The molecular weight excluding hydrogens is 303 g/mol. The highest BCUT2D eigenvalue weighted by molar-refractivity contribution is 7.71. The summed E-state index contributed by atoms with van der Waals surface area (Å²) in [6.45, 7) is 0. The molecule has 0 unspecified atom stereocenters. The molecule has 1 aromatic carbocycles. The number of halogens is 2. The Kier molecular flexibility index (Phi) is 3.15. The van der Waals surface area contributed by atoms with Crippen molar-refractivity contribution in [2.75, 3.05) is 7.11 Å². The van der Waals surface area contributed by atoms with Gasteiger partial charge in [0.1, 0.15) is 17.7 Å². The number of nitrogens with zero attached hydrogens (tertiary/aromatic N) is 3.